The second-order valence-electron chi connectivity index (χ2n) is 7.54. The minimum atomic E-state index is -0.477. The van der Waals surface area contributed by atoms with Crippen molar-refractivity contribution in [3.05, 3.63) is 57.3 Å². The lowest BCUT2D eigenvalue weighted by Gasteiger charge is -2.16. The first kappa shape index (κ1) is 27.0. The fourth-order valence-corrected chi connectivity index (χ4v) is 5.17. The zero-order valence-electron chi connectivity index (χ0n) is 19.5. The van der Waals surface area contributed by atoms with Crippen LogP contribution in [0, 0.1) is 6.92 Å². The van der Waals surface area contributed by atoms with Crippen molar-refractivity contribution in [3.8, 4) is 5.75 Å². The number of amides is 2. The quantitative estimate of drug-likeness (QED) is 0.274. The van der Waals surface area contributed by atoms with E-state index >= 15 is 0 Å². The van der Waals surface area contributed by atoms with Crippen LogP contribution >= 0.6 is 46.3 Å². The van der Waals surface area contributed by atoms with Crippen LogP contribution < -0.4 is 10.1 Å². The van der Waals surface area contributed by atoms with Crippen LogP contribution in [0.25, 0.3) is 0 Å². The lowest BCUT2D eigenvalue weighted by atomic mass is 10.3. The van der Waals surface area contributed by atoms with Crippen molar-refractivity contribution < 1.29 is 14.3 Å². The number of anilines is 1. The highest BCUT2D eigenvalue weighted by Gasteiger charge is 2.22. The van der Waals surface area contributed by atoms with Gasteiger partial charge in [-0.1, -0.05) is 52.4 Å². The molecule has 3 aromatic rings. The zero-order chi connectivity index (χ0) is 25.7. The predicted molar refractivity (Wildman–Crippen MR) is 140 cm³/mol. The van der Waals surface area contributed by atoms with Crippen LogP contribution in [0.2, 0.25) is 10.0 Å². The maximum absolute atomic E-state index is 12.5. The number of rotatable bonds is 10. The monoisotopic (exact) mass is 554 g/mol. The lowest BCUT2D eigenvalue weighted by molar-refractivity contribution is -0.113. The molecular weight excluding hydrogens is 531 g/mol. The van der Waals surface area contributed by atoms with E-state index in [0.29, 0.717) is 49.0 Å². The van der Waals surface area contributed by atoms with E-state index in [1.165, 1.54) is 16.7 Å². The van der Waals surface area contributed by atoms with Crippen molar-refractivity contribution in [1.29, 1.82) is 0 Å². The summed E-state index contributed by atoms with van der Waals surface area (Å²) in [4.78, 5) is 31.0. The Morgan fingerprint density at radius 3 is 2.74 bits per heavy atom. The molecular formula is C22H24Cl2N6O3S2. The molecule has 0 spiro atoms. The van der Waals surface area contributed by atoms with Crippen molar-refractivity contribution in [2.24, 2.45) is 0 Å². The van der Waals surface area contributed by atoms with Crippen molar-refractivity contribution in [3.63, 3.8) is 0 Å². The molecule has 2 aromatic heterocycles. The molecule has 1 unspecified atom stereocenters. The minimum Gasteiger partial charge on any atom is -0.481 e. The number of benzene rings is 1. The molecule has 3 rings (SSSR count). The van der Waals surface area contributed by atoms with Gasteiger partial charge in [-0.25, -0.2) is 4.98 Å². The summed E-state index contributed by atoms with van der Waals surface area (Å²) in [5, 5.41) is 13.0. The Kier molecular flexibility index (Phi) is 9.17. The molecule has 1 aromatic carbocycles. The summed E-state index contributed by atoms with van der Waals surface area (Å²) in [7, 11) is 3.33. The highest BCUT2D eigenvalue weighted by Crippen LogP contribution is 2.32. The van der Waals surface area contributed by atoms with Crippen molar-refractivity contribution in [2.75, 3.05) is 25.2 Å². The number of aryl methyl sites for hydroxylation is 1. The molecule has 2 amide bonds. The molecule has 0 aliphatic carbocycles. The molecule has 0 bridgehead atoms. The van der Waals surface area contributed by atoms with E-state index in [0.717, 1.165) is 11.3 Å². The summed E-state index contributed by atoms with van der Waals surface area (Å²) in [5.41, 5.74) is 0.571. The molecule has 186 valence electrons. The van der Waals surface area contributed by atoms with E-state index in [1.807, 2.05) is 11.5 Å². The van der Waals surface area contributed by atoms with Gasteiger partial charge >= 0.3 is 0 Å². The number of hydrogen-bond acceptors (Lipinski definition) is 8. The van der Waals surface area contributed by atoms with Gasteiger partial charge in [0.25, 0.3) is 5.91 Å². The van der Waals surface area contributed by atoms with Crippen LogP contribution in [0.15, 0.2) is 36.0 Å². The number of thioether (sulfide) groups is 1. The fourth-order valence-electron chi connectivity index (χ4n) is 2.96. The highest BCUT2D eigenvalue weighted by atomic mass is 35.5. The Morgan fingerprint density at radius 1 is 1.34 bits per heavy atom. The number of ether oxygens (including phenoxy) is 1. The molecule has 0 aliphatic rings. The van der Waals surface area contributed by atoms with Crippen molar-refractivity contribution in [1.82, 2.24) is 24.6 Å². The Morgan fingerprint density at radius 2 is 2.09 bits per heavy atom. The molecule has 1 atom stereocenters. The Balaban J connectivity index is 1.67. The number of aromatic nitrogens is 4. The average Bonchev–Trinajstić information content (AvgIpc) is 3.36. The number of halogens is 2. The third-order valence-electron chi connectivity index (χ3n) is 4.59. The van der Waals surface area contributed by atoms with Gasteiger partial charge in [-0.2, -0.15) is 0 Å². The first-order chi connectivity index (χ1) is 16.6. The molecule has 1 N–H and O–H groups in total. The minimum absolute atomic E-state index is 0.0725. The summed E-state index contributed by atoms with van der Waals surface area (Å²) in [5.74, 6) is 0.663. The third kappa shape index (κ3) is 6.75. The number of carbonyl (C=O) groups is 2. The molecule has 2 heterocycles. The van der Waals surface area contributed by atoms with Gasteiger partial charge in [-0.15, -0.1) is 16.8 Å². The summed E-state index contributed by atoms with van der Waals surface area (Å²) in [6.45, 7) is 7.78. The van der Waals surface area contributed by atoms with Crippen LogP contribution in [0.4, 0.5) is 5.13 Å². The SMILES string of the molecule is C=CCn1c(SCC(=O)Nc2nc(C)c(C(=O)N(C)C)s2)nnc1C(C)Oc1ccc(Cl)cc1Cl. The van der Waals surface area contributed by atoms with Crippen LogP contribution in [-0.4, -0.2) is 56.3 Å². The average molecular weight is 556 g/mol. The number of thiazole rings is 1. The number of carbonyl (C=O) groups excluding carboxylic acids is 2. The second kappa shape index (κ2) is 11.9. The van der Waals surface area contributed by atoms with Crippen molar-refractivity contribution >= 4 is 63.2 Å². The maximum Gasteiger partial charge on any atom is 0.265 e. The third-order valence-corrected chi connectivity index (χ3v) is 7.15. The zero-order valence-corrected chi connectivity index (χ0v) is 22.7. The molecule has 0 aliphatic heterocycles. The summed E-state index contributed by atoms with van der Waals surface area (Å²) in [6.07, 6.45) is 1.23. The summed E-state index contributed by atoms with van der Waals surface area (Å²) in [6, 6.07) is 4.98. The standard InChI is InChI=1S/C22H24Cl2N6O3S2/c1-6-9-30-19(13(3)33-16-8-7-14(23)10-15(16)24)27-28-22(30)34-11-17(31)26-21-25-12(2)18(35-21)20(32)29(4)5/h6-8,10,13H,1,9,11H2,2-5H3,(H,25,26,31). The Labute approximate surface area is 221 Å². The van der Waals surface area contributed by atoms with Crippen molar-refractivity contribution in [2.45, 2.75) is 31.7 Å². The van der Waals surface area contributed by atoms with Gasteiger partial charge in [0.2, 0.25) is 5.91 Å². The maximum atomic E-state index is 12.5. The number of allylic oxidation sites excluding steroid dienone is 1. The van der Waals surface area contributed by atoms with E-state index < -0.39 is 6.10 Å². The van der Waals surface area contributed by atoms with E-state index in [4.69, 9.17) is 27.9 Å². The molecule has 0 fully saturated rings. The fraction of sp³-hybridized carbons (Fsp3) is 0.318. The smallest absolute Gasteiger partial charge is 0.265 e. The predicted octanol–water partition coefficient (Wildman–Crippen LogP) is 5.11. The van der Waals surface area contributed by atoms with Gasteiger partial charge in [0.15, 0.2) is 22.2 Å². The second-order valence-corrected chi connectivity index (χ2v) is 10.3. The van der Waals surface area contributed by atoms with E-state index in [-0.39, 0.29) is 17.6 Å². The van der Waals surface area contributed by atoms with Gasteiger partial charge < -0.3 is 15.0 Å². The van der Waals surface area contributed by atoms with E-state index in [1.54, 1.807) is 45.3 Å². The van der Waals surface area contributed by atoms with Gasteiger partial charge in [0, 0.05) is 25.7 Å². The van der Waals surface area contributed by atoms with Gasteiger partial charge in [-0.05, 0) is 32.0 Å². The van der Waals surface area contributed by atoms with Crippen LogP contribution in [0.1, 0.15) is 34.2 Å². The van der Waals surface area contributed by atoms with Gasteiger partial charge in [0.1, 0.15) is 10.6 Å². The van der Waals surface area contributed by atoms with Gasteiger partial charge in [0.05, 0.1) is 16.5 Å². The molecule has 35 heavy (non-hydrogen) atoms. The lowest BCUT2D eigenvalue weighted by Crippen LogP contribution is -2.21. The normalized spacial score (nSPS) is 11.7. The highest BCUT2D eigenvalue weighted by molar-refractivity contribution is 7.99. The number of nitrogens with zero attached hydrogens (tertiary/aromatic N) is 5. The molecule has 0 saturated heterocycles. The number of nitrogens with one attached hydrogen (secondary N) is 1. The van der Waals surface area contributed by atoms with Gasteiger partial charge in [-0.3, -0.25) is 14.2 Å². The summed E-state index contributed by atoms with van der Waals surface area (Å²) < 4.78 is 7.79. The first-order valence-corrected chi connectivity index (χ1v) is 12.9. The molecule has 9 nitrogen and oxygen atoms in total. The first-order valence-electron chi connectivity index (χ1n) is 10.4. The molecule has 0 radical (unpaired) electrons. The Hall–Kier alpha value is -2.60. The van der Waals surface area contributed by atoms with Crippen LogP contribution in [0.5, 0.6) is 5.75 Å². The summed E-state index contributed by atoms with van der Waals surface area (Å²) >= 11 is 14.5. The number of hydrogen-bond donors (Lipinski definition) is 1. The topological polar surface area (TPSA) is 102 Å². The largest absolute Gasteiger partial charge is 0.481 e. The van der Waals surface area contributed by atoms with E-state index in [2.05, 4.69) is 27.1 Å². The Bertz CT molecular complexity index is 1240. The van der Waals surface area contributed by atoms with Crippen LogP contribution in [-0.2, 0) is 11.3 Å². The van der Waals surface area contributed by atoms with Crippen LogP contribution in [0.3, 0.4) is 0 Å². The molecule has 13 heteroatoms. The molecule has 0 saturated carbocycles. The van der Waals surface area contributed by atoms with E-state index in [9.17, 15) is 9.59 Å².